The Hall–Kier alpha value is -1.26. The molecule has 6 heteroatoms. The molecule has 0 atom stereocenters. The van der Waals surface area contributed by atoms with Crippen LogP contribution in [0, 0.1) is 0 Å². The maximum atomic E-state index is 11.3. The van der Waals surface area contributed by atoms with Crippen molar-refractivity contribution in [2.75, 3.05) is 6.54 Å². The Kier molecular flexibility index (Phi) is 3.94. The Balaban J connectivity index is 2.74. The predicted molar refractivity (Wildman–Crippen MR) is 53.8 cm³/mol. The lowest BCUT2D eigenvalue weighted by Gasteiger charge is -2.06. The fourth-order valence-corrected chi connectivity index (χ4v) is 1.19. The molecule has 0 saturated heterocycles. The van der Waals surface area contributed by atoms with Crippen LogP contribution in [0.2, 0.25) is 10.0 Å². The number of carbonyl (C=O) groups excluding carboxylic acids is 2. The van der Waals surface area contributed by atoms with Crippen LogP contribution in [0.25, 0.3) is 0 Å². The van der Waals surface area contributed by atoms with Crippen LogP contribution in [-0.2, 0) is 4.79 Å². The summed E-state index contributed by atoms with van der Waals surface area (Å²) in [4.78, 5) is 21.4. The maximum Gasteiger partial charge on any atom is 0.251 e. The lowest BCUT2D eigenvalue weighted by Crippen LogP contribution is -2.37. The minimum absolute atomic E-state index is 0.234. The van der Waals surface area contributed by atoms with Gasteiger partial charge in [0, 0.05) is 5.56 Å². The third kappa shape index (κ3) is 3.42. The Morgan fingerprint density at radius 2 is 1.93 bits per heavy atom. The van der Waals surface area contributed by atoms with Crippen molar-refractivity contribution in [3.05, 3.63) is 33.8 Å². The molecule has 0 saturated carbocycles. The normalized spacial score (nSPS) is 9.73. The molecule has 0 radical (unpaired) electrons. The summed E-state index contributed by atoms with van der Waals surface area (Å²) in [6.07, 6.45) is 0. The van der Waals surface area contributed by atoms with Gasteiger partial charge in [0.15, 0.2) is 0 Å². The van der Waals surface area contributed by atoms with Gasteiger partial charge in [-0.05, 0) is 18.2 Å². The number of rotatable bonds is 3. The van der Waals surface area contributed by atoms with E-state index in [1.807, 2.05) is 0 Å². The van der Waals surface area contributed by atoms with Crippen LogP contribution >= 0.6 is 23.2 Å². The number of nitrogens with one attached hydrogen (secondary N) is 1. The van der Waals surface area contributed by atoms with Crippen LogP contribution in [0.1, 0.15) is 10.4 Å². The minimum Gasteiger partial charge on any atom is -0.548 e. The number of carboxylic acids is 1. The Labute approximate surface area is 95.8 Å². The molecule has 0 aliphatic carbocycles. The maximum absolute atomic E-state index is 11.3. The fourth-order valence-electron chi connectivity index (χ4n) is 0.892. The molecule has 1 aromatic rings. The summed E-state index contributed by atoms with van der Waals surface area (Å²) in [5, 5.41) is 12.8. The predicted octanol–water partition coefficient (Wildman–Crippen LogP) is 0.473. The third-order valence-electron chi connectivity index (χ3n) is 1.58. The molecule has 1 amide bonds. The summed E-state index contributed by atoms with van der Waals surface area (Å²) in [5.74, 6) is -1.90. The van der Waals surface area contributed by atoms with E-state index in [9.17, 15) is 14.7 Å². The number of amides is 1. The molecule has 80 valence electrons. The molecule has 4 nitrogen and oxygen atoms in total. The Bertz CT molecular complexity index is 406. The average Bonchev–Trinajstić information content (AvgIpc) is 2.18. The molecule has 0 unspecified atom stereocenters. The van der Waals surface area contributed by atoms with Crippen LogP contribution in [0.5, 0.6) is 0 Å². The van der Waals surface area contributed by atoms with Crippen LogP contribution in [0.3, 0.4) is 0 Å². The van der Waals surface area contributed by atoms with Gasteiger partial charge in [0.2, 0.25) is 0 Å². The van der Waals surface area contributed by atoms with Crippen molar-refractivity contribution in [3.63, 3.8) is 0 Å². The molecular weight excluding hydrogens is 241 g/mol. The second-order valence-electron chi connectivity index (χ2n) is 2.68. The summed E-state index contributed by atoms with van der Waals surface area (Å²) in [5.41, 5.74) is 0.241. The first-order valence-electron chi connectivity index (χ1n) is 3.94. The van der Waals surface area contributed by atoms with Crippen molar-refractivity contribution in [3.8, 4) is 0 Å². The topological polar surface area (TPSA) is 69.2 Å². The number of carboxylic acid groups (broad SMARTS) is 1. The quantitative estimate of drug-likeness (QED) is 0.844. The number of benzene rings is 1. The van der Waals surface area contributed by atoms with E-state index in [1.165, 1.54) is 18.2 Å². The summed E-state index contributed by atoms with van der Waals surface area (Å²) < 4.78 is 0. The van der Waals surface area contributed by atoms with Gasteiger partial charge in [-0.15, -0.1) is 0 Å². The van der Waals surface area contributed by atoms with Crippen molar-refractivity contribution < 1.29 is 14.7 Å². The SMILES string of the molecule is O=C([O-])CNC(=O)c1ccc(Cl)c(Cl)c1. The molecule has 15 heavy (non-hydrogen) atoms. The van der Waals surface area contributed by atoms with Crippen LogP contribution in [0.4, 0.5) is 0 Å². The first-order valence-corrected chi connectivity index (χ1v) is 4.69. The molecule has 0 fully saturated rings. The van der Waals surface area contributed by atoms with Crippen molar-refractivity contribution in [1.29, 1.82) is 0 Å². The molecule has 0 spiro atoms. The van der Waals surface area contributed by atoms with E-state index < -0.39 is 18.4 Å². The number of aliphatic carboxylic acids is 1. The van der Waals surface area contributed by atoms with Crippen LogP contribution < -0.4 is 10.4 Å². The van der Waals surface area contributed by atoms with Crippen molar-refractivity contribution in [2.45, 2.75) is 0 Å². The van der Waals surface area contributed by atoms with Gasteiger partial charge in [-0.2, -0.15) is 0 Å². The second kappa shape index (κ2) is 5.00. The summed E-state index contributed by atoms with van der Waals surface area (Å²) >= 11 is 11.3. The van der Waals surface area contributed by atoms with Gasteiger partial charge >= 0.3 is 0 Å². The lowest BCUT2D eigenvalue weighted by molar-refractivity contribution is -0.303. The van der Waals surface area contributed by atoms with E-state index in [0.29, 0.717) is 5.02 Å². The van der Waals surface area contributed by atoms with Gasteiger partial charge in [0.25, 0.3) is 5.91 Å². The van der Waals surface area contributed by atoms with Gasteiger partial charge < -0.3 is 15.2 Å². The highest BCUT2D eigenvalue weighted by atomic mass is 35.5. The average molecular weight is 247 g/mol. The zero-order chi connectivity index (χ0) is 11.4. The lowest BCUT2D eigenvalue weighted by atomic mass is 10.2. The number of hydrogen-bond donors (Lipinski definition) is 1. The highest BCUT2D eigenvalue weighted by molar-refractivity contribution is 6.42. The zero-order valence-corrected chi connectivity index (χ0v) is 8.93. The van der Waals surface area contributed by atoms with E-state index in [2.05, 4.69) is 5.32 Å². The van der Waals surface area contributed by atoms with Gasteiger partial charge in [0.1, 0.15) is 0 Å². The first-order chi connectivity index (χ1) is 7.00. The van der Waals surface area contributed by atoms with Crippen molar-refractivity contribution >= 4 is 35.1 Å². The standard InChI is InChI=1S/C9H7Cl2NO3/c10-6-2-1-5(3-7(6)11)9(15)12-4-8(13)14/h1-3H,4H2,(H,12,15)(H,13,14)/p-1. The first kappa shape index (κ1) is 11.8. The highest BCUT2D eigenvalue weighted by Crippen LogP contribution is 2.22. The van der Waals surface area contributed by atoms with Gasteiger partial charge in [-0.1, -0.05) is 23.2 Å². The smallest absolute Gasteiger partial charge is 0.251 e. The van der Waals surface area contributed by atoms with Crippen LogP contribution in [0.15, 0.2) is 18.2 Å². The fraction of sp³-hybridized carbons (Fsp3) is 0.111. The minimum atomic E-state index is -1.36. The molecule has 1 rings (SSSR count). The van der Waals surface area contributed by atoms with E-state index in [0.717, 1.165) is 0 Å². The van der Waals surface area contributed by atoms with Gasteiger partial charge in [-0.25, -0.2) is 0 Å². The number of hydrogen-bond acceptors (Lipinski definition) is 3. The monoisotopic (exact) mass is 246 g/mol. The van der Waals surface area contributed by atoms with E-state index in [-0.39, 0.29) is 10.6 Å². The van der Waals surface area contributed by atoms with E-state index in [1.54, 1.807) is 0 Å². The molecule has 0 aromatic heterocycles. The number of halogens is 2. The van der Waals surface area contributed by atoms with Crippen LogP contribution in [-0.4, -0.2) is 18.4 Å². The largest absolute Gasteiger partial charge is 0.548 e. The molecule has 1 aromatic carbocycles. The molecule has 0 heterocycles. The molecular formula is C9H6Cl2NO3-. The van der Waals surface area contributed by atoms with E-state index >= 15 is 0 Å². The zero-order valence-electron chi connectivity index (χ0n) is 7.42. The van der Waals surface area contributed by atoms with Gasteiger partial charge in [0.05, 0.1) is 22.6 Å². The Morgan fingerprint density at radius 1 is 1.27 bits per heavy atom. The second-order valence-corrected chi connectivity index (χ2v) is 3.50. The van der Waals surface area contributed by atoms with E-state index in [4.69, 9.17) is 23.2 Å². The summed E-state index contributed by atoms with van der Waals surface area (Å²) in [7, 11) is 0. The van der Waals surface area contributed by atoms with Crippen molar-refractivity contribution in [2.24, 2.45) is 0 Å². The molecule has 1 N–H and O–H groups in total. The van der Waals surface area contributed by atoms with Crippen molar-refractivity contribution in [1.82, 2.24) is 5.32 Å². The summed E-state index contributed by atoms with van der Waals surface area (Å²) in [6, 6.07) is 4.26. The molecule has 0 bridgehead atoms. The highest BCUT2D eigenvalue weighted by Gasteiger charge is 2.07. The van der Waals surface area contributed by atoms with Gasteiger partial charge in [-0.3, -0.25) is 4.79 Å². The Morgan fingerprint density at radius 3 is 2.47 bits per heavy atom. The number of carbonyl (C=O) groups is 2. The summed E-state index contributed by atoms with van der Waals surface area (Å²) in [6.45, 7) is -0.543. The third-order valence-corrected chi connectivity index (χ3v) is 2.31. The molecule has 0 aliphatic heterocycles. The molecule has 0 aliphatic rings.